The molecule has 21 heavy (non-hydrogen) atoms. The van der Waals surface area contributed by atoms with Crippen molar-refractivity contribution in [1.29, 1.82) is 0 Å². The largest absolute Gasteiger partial charge is 0.416 e. The van der Waals surface area contributed by atoms with Crippen molar-refractivity contribution in [2.24, 2.45) is 0 Å². The van der Waals surface area contributed by atoms with E-state index in [1.807, 2.05) is 0 Å². The van der Waals surface area contributed by atoms with Gasteiger partial charge in [0.15, 0.2) is 11.6 Å². The number of rotatable bonds is 2. The highest BCUT2D eigenvalue weighted by Crippen LogP contribution is 2.31. The fraction of sp³-hybridized carbons (Fsp3) is 0.462. The molecule has 1 saturated heterocycles. The van der Waals surface area contributed by atoms with Crippen molar-refractivity contribution in [3.63, 3.8) is 0 Å². The van der Waals surface area contributed by atoms with Crippen LogP contribution < -0.4 is 5.32 Å². The highest BCUT2D eigenvalue weighted by molar-refractivity contribution is 5.50. The van der Waals surface area contributed by atoms with Gasteiger partial charge in [-0.1, -0.05) is 0 Å². The summed E-state index contributed by atoms with van der Waals surface area (Å²) in [6.45, 7) is 1.80. The van der Waals surface area contributed by atoms with Crippen LogP contribution in [-0.2, 0) is 6.18 Å². The second-order valence-electron chi connectivity index (χ2n) is 4.99. The normalized spacial score (nSPS) is 17.1. The average Bonchev–Trinajstić information content (AvgIpc) is 2.97. The van der Waals surface area contributed by atoms with Crippen LogP contribution in [0.15, 0.2) is 18.3 Å². The number of aromatic amines is 1. The highest BCUT2D eigenvalue weighted by Gasteiger charge is 2.31. The number of halogens is 3. The first-order valence-electron chi connectivity index (χ1n) is 6.70. The summed E-state index contributed by atoms with van der Waals surface area (Å²) in [5, 5.41) is 10.1. The minimum Gasteiger partial charge on any atom is -0.317 e. The van der Waals surface area contributed by atoms with E-state index in [1.165, 1.54) is 0 Å². The number of H-pyrrole nitrogens is 1. The lowest BCUT2D eigenvalue weighted by Gasteiger charge is -2.19. The Morgan fingerprint density at radius 2 is 1.95 bits per heavy atom. The zero-order valence-electron chi connectivity index (χ0n) is 11.1. The topological polar surface area (TPSA) is 66.5 Å². The van der Waals surface area contributed by atoms with Gasteiger partial charge < -0.3 is 5.32 Å². The maximum Gasteiger partial charge on any atom is 0.416 e. The number of piperidine rings is 1. The second kappa shape index (κ2) is 5.44. The molecule has 112 valence electrons. The summed E-state index contributed by atoms with van der Waals surface area (Å²) in [4.78, 5) is 8.24. The Labute approximate surface area is 119 Å². The molecule has 5 nitrogen and oxygen atoms in total. The predicted octanol–water partition coefficient (Wildman–Crippen LogP) is 2.35. The van der Waals surface area contributed by atoms with Crippen molar-refractivity contribution in [3.05, 3.63) is 29.7 Å². The van der Waals surface area contributed by atoms with Crippen LogP contribution in [0, 0.1) is 0 Å². The van der Waals surface area contributed by atoms with Gasteiger partial charge in [0.2, 0.25) is 0 Å². The molecule has 0 unspecified atom stereocenters. The minimum absolute atomic E-state index is 0.150. The third-order valence-electron chi connectivity index (χ3n) is 3.54. The van der Waals surface area contributed by atoms with E-state index < -0.39 is 11.7 Å². The molecule has 2 aromatic heterocycles. The number of nitrogens with one attached hydrogen (secondary N) is 2. The van der Waals surface area contributed by atoms with Crippen LogP contribution in [0.3, 0.4) is 0 Å². The summed E-state index contributed by atoms with van der Waals surface area (Å²) in [6.07, 6.45) is -1.42. The molecule has 3 heterocycles. The van der Waals surface area contributed by atoms with Crippen molar-refractivity contribution in [2.45, 2.75) is 24.9 Å². The summed E-state index contributed by atoms with van der Waals surface area (Å²) in [5.41, 5.74) is -0.593. The number of nitrogens with zero attached hydrogens (tertiary/aromatic N) is 3. The Morgan fingerprint density at radius 3 is 2.67 bits per heavy atom. The maximum absolute atomic E-state index is 12.7. The van der Waals surface area contributed by atoms with Crippen LogP contribution in [-0.4, -0.2) is 33.3 Å². The lowest BCUT2D eigenvalue weighted by molar-refractivity contribution is -0.137. The van der Waals surface area contributed by atoms with E-state index in [-0.39, 0.29) is 17.4 Å². The van der Waals surface area contributed by atoms with Gasteiger partial charge in [0.1, 0.15) is 5.69 Å². The zero-order valence-corrected chi connectivity index (χ0v) is 11.1. The van der Waals surface area contributed by atoms with Crippen LogP contribution in [0.5, 0.6) is 0 Å². The summed E-state index contributed by atoms with van der Waals surface area (Å²) >= 11 is 0. The molecule has 8 heteroatoms. The lowest BCUT2D eigenvalue weighted by Crippen LogP contribution is -2.27. The highest BCUT2D eigenvalue weighted by atomic mass is 19.4. The van der Waals surface area contributed by atoms with E-state index in [2.05, 4.69) is 25.5 Å². The van der Waals surface area contributed by atoms with Gasteiger partial charge >= 0.3 is 6.18 Å². The number of alkyl halides is 3. The summed E-state index contributed by atoms with van der Waals surface area (Å²) in [7, 11) is 0. The number of pyridine rings is 1. The molecule has 0 atom stereocenters. The number of hydrogen-bond donors (Lipinski definition) is 2. The van der Waals surface area contributed by atoms with Gasteiger partial charge in [0.05, 0.1) is 5.56 Å². The smallest absolute Gasteiger partial charge is 0.317 e. The molecule has 2 N–H and O–H groups in total. The summed E-state index contributed by atoms with van der Waals surface area (Å²) < 4.78 is 38.1. The SMILES string of the molecule is FC(F)(F)c1ccnc(-c2nc(C3CCNCC3)n[nH]2)c1. The van der Waals surface area contributed by atoms with E-state index in [1.54, 1.807) is 0 Å². The molecule has 0 spiro atoms. The van der Waals surface area contributed by atoms with Crippen molar-refractivity contribution in [2.75, 3.05) is 13.1 Å². The Morgan fingerprint density at radius 1 is 1.19 bits per heavy atom. The molecular formula is C13H14F3N5. The molecule has 0 saturated carbocycles. The van der Waals surface area contributed by atoms with Gasteiger partial charge in [0.25, 0.3) is 0 Å². The molecule has 0 bridgehead atoms. The van der Waals surface area contributed by atoms with Crippen molar-refractivity contribution in [3.8, 4) is 11.5 Å². The van der Waals surface area contributed by atoms with Crippen LogP contribution >= 0.6 is 0 Å². The van der Waals surface area contributed by atoms with Crippen LogP contribution in [0.25, 0.3) is 11.5 Å². The first kappa shape index (κ1) is 14.0. The Bertz CT molecular complexity index is 616. The Kier molecular flexibility index (Phi) is 3.62. The van der Waals surface area contributed by atoms with Crippen LogP contribution in [0.2, 0.25) is 0 Å². The molecule has 1 fully saturated rings. The lowest BCUT2D eigenvalue weighted by atomic mass is 9.98. The number of aromatic nitrogens is 4. The number of hydrogen-bond acceptors (Lipinski definition) is 4. The minimum atomic E-state index is -4.39. The fourth-order valence-electron chi connectivity index (χ4n) is 2.39. The second-order valence-corrected chi connectivity index (χ2v) is 4.99. The molecule has 2 aromatic rings. The zero-order chi connectivity index (χ0) is 14.9. The molecule has 0 amide bonds. The fourth-order valence-corrected chi connectivity index (χ4v) is 2.39. The molecule has 1 aliphatic heterocycles. The maximum atomic E-state index is 12.7. The first-order valence-corrected chi connectivity index (χ1v) is 6.70. The third-order valence-corrected chi connectivity index (χ3v) is 3.54. The van der Waals surface area contributed by atoms with E-state index in [4.69, 9.17) is 0 Å². The molecule has 0 radical (unpaired) electrons. The molecule has 0 aliphatic carbocycles. The van der Waals surface area contributed by atoms with E-state index in [0.717, 1.165) is 44.3 Å². The van der Waals surface area contributed by atoms with E-state index in [0.29, 0.717) is 5.82 Å². The van der Waals surface area contributed by atoms with Gasteiger partial charge in [-0.25, -0.2) is 4.98 Å². The van der Waals surface area contributed by atoms with Crippen molar-refractivity contribution < 1.29 is 13.2 Å². The molecule has 3 rings (SSSR count). The van der Waals surface area contributed by atoms with Gasteiger partial charge in [-0.3, -0.25) is 10.1 Å². The van der Waals surface area contributed by atoms with Gasteiger partial charge in [-0.2, -0.15) is 18.3 Å². The molecule has 0 aromatic carbocycles. The third kappa shape index (κ3) is 3.05. The summed E-state index contributed by atoms with van der Waals surface area (Å²) in [6, 6.07) is 1.92. The van der Waals surface area contributed by atoms with E-state index >= 15 is 0 Å². The van der Waals surface area contributed by atoms with Crippen molar-refractivity contribution in [1.82, 2.24) is 25.5 Å². The monoisotopic (exact) mass is 297 g/mol. The standard InChI is InChI=1S/C13H14F3N5/c14-13(15,16)9-3-6-18-10(7-9)12-19-11(20-21-12)8-1-4-17-5-2-8/h3,6-8,17H,1-2,4-5H2,(H,19,20,21). The Balaban J connectivity index is 1.86. The first-order chi connectivity index (χ1) is 10.0. The van der Waals surface area contributed by atoms with E-state index in [9.17, 15) is 13.2 Å². The van der Waals surface area contributed by atoms with Crippen molar-refractivity contribution >= 4 is 0 Å². The molecule has 1 aliphatic rings. The van der Waals surface area contributed by atoms with Gasteiger partial charge in [0, 0.05) is 12.1 Å². The van der Waals surface area contributed by atoms with Crippen LogP contribution in [0.4, 0.5) is 13.2 Å². The molecular weight excluding hydrogens is 283 g/mol. The van der Waals surface area contributed by atoms with Gasteiger partial charge in [-0.15, -0.1) is 0 Å². The summed E-state index contributed by atoms with van der Waals surface area (Å²) in [5.74, 6) is 1.15. The quantitative estimate of drug-likeness (QED) is 0.893. The predicted molar refractivity (Wildman–Crippen MR) is 69.5 cm³/mol. The van der Waals surface area contributed by atoms with Gasteiger partial charge in [-0.05, 0) is 38.1 Å². The Hall–Kier alpha value is -1.96. The average molecular weight is 297 g/mol. The van der Waals surface area contributed by atoms with Crippen LogP contribution in [0.1, 0.15) is 30.1 Å².